The van der Waals surface area contributed by atoms with Crippen molar-refractivity contribution in [2.24, 2.45) is 0 Å². The van der Waals surface area contributed by atoms with Crippen molar-refractivity contribution >= 4 is 12.7 Å². The van der Waals surface area contributed by atoms with Crippen LogP contribution >= 0.6 is 0 Å². The van der Waals surface area contributed by atoms with Gasteiger partial charge in [-0.15, -0.1) is 0 Å². The van der Waals surface area contributed by atoms with Crippen molar-refractivity contribution < 1.29 is 14.8 Å². The lowest BCUT2D eigenvalue weighted by Gasteiger charge is -2.14. The number of rotatable bonds is 4. The molecule has 1 heterocycles. The van der Waals surface area contributed by atoms with Crippen molar-refractivity contribution in [2.45, 2.75) is 20.1 Å². The maximum atomic E-state index is 8.95. The number of ether oxygens (including phenoxy) is 1. The molecule has 0 fully saturated rings. The molecule has 0 aliphatic heterocycles. The fourth-order valence-electron chi connectivity index (χ4n) is 1.14. The zero-order valence-electron chi connectivity index (χ0n) is 7.71. The highest BCUT2D eigenvalue weighted by molar-refractivity contribution is 6.57. The molecule has 0 aliphatic rings. The molecule has 0 radical (unpaired) electrons. The summed E-state index contributed by atoms with van der Waals surface area (Å²) in [6, 6.07) is 1.54. The summed E-state index contributed by atoms with van der Waals surface area (Å²) in [5, 5.41) is 21.8. The summed E-state index contributed by atoms with van der Waals surface area (Å²) in [7, 11) is -1.51. The van der Waals surface area contributed by atoms with Gasteiger partial charge in [0.15, 0.2) is 0 Å². The maximum Gasteiger partial charge on any atom is 0.507 e. The van der Waals surface area contributed by atoms with E-state index < -0.39 is 7.12 Å². The normalized spacial score (nSPS) is 12.9. The lowest BCUT2D eigenvalue weighted by Crippen LogP contribution is -2.38. The molecule has 2 N–H and O–H groups in total. The SMILES string of the molecule is CCOC(C)n1nccc1B(O)O. The van der Waals surface area contributed by atoms with Gasteiger partial charge in [-0.05, 0) is 19.9 Å². The molecule has 0 spiro atoms. The van der Waals surface area contributed by atoms with Crippen molar-refractivity contribution in [3.63, 3.8) is 0 Å². The summed E-state index contributed by atoms with van der Waals surface area (Å²) in [6.45, 7) is 4.22. The second-order valence-electron chi connectivity index (χ2n) is 2.63. The molecule has 1 atom stereocenters. The molecule has 0 saturated heterocycles. The minimum Gasteiger partial charge on any atom is -0.422 e. The third-order valence-electron chi connectivity index (χ3n) is 1.72. The zero-order valence-corrected chi connectivity index (χ0v) is 7.71. The van der Waals surface area contributed by atoms with Crippen LogP contribution in [0.1, 0.15) is 20.1 Å². The lowest BCUT2D eigenvalue weighted by atomic mass is 9.86. The van der Waals surface area contributed by atoms with E-state index in [1.165, 1.54) is 10.9 Å². The Labute approximate surface area is 77.1 Å². The molecule has 5 nitrogen and oxygen atoms in total. The first-order valence-electron chi connectivity index (χ1n) is 4.18. The van der Waals surface area contributed by atoms with E-state index >= 15 is 0 Å². The van der Waals surface area contributed by atoms with Crippen LogP contribution in [0, 0.1) is 0 Å². The lowest BCUT2D eigenvalue weighted by molar-refractivity contribution is 0.0177. The van der Waals surface area contributed by atoms with E-state index in [0.717, 1.165) is 0 Å². The molecule has 0 bridgehead atoms. The number of nitrogens with zero attached hydrogens (tertiary/aromatic N) is 2. The van der Waals surface area contributed by atoms with Crippen LogP contribution in [-0.4, -0.2) is 33.6 Å². The predicted molar refractivity (Wildman–Crippen MR) is 48.4 cm³/mol. The van der Waals surface area contributed by atoms with Gasteiger partial charge in [-0.1, -0.05) is 0 Å². The summed E-state index contributed by atoms with van der Waals surface area (Å²) in [5.41, 5.74) is 0.334. The first-order valence-corrected chi connectivity index (χ1v) is 4.18. The molecule has 1 aromatic rings. The van der Waals surface area contributed by atoms with Gasteiger partial charge in [-0.2, -0.15) is 5.10 Å². The molecular formula is C7H13BN2O3. The Bertz CT molecular complexity index is 264. The maximum absolute atomic E-state index is 8.95. The highest BCUT2D eigenvalue weighted by Crippen LogP contribution is 2.03. The fourth-order valence-corrected chi connectivity index (χ4v) is 1.14. The van der Waals surface area contributed by atoms with Crippen molar-refractivity contribution in [3.8, 4) is 0 Å². The molecule has 1 aromatic heterocycles. The second-order valence-corrected chi connectivity index (χ2v) is 2.63. The van der Waals surface area contributed by atoms with E-state index in [1.807, 2.05) is 6.92 Å². The van der Waals surface area contributed by atoms with E-state index in [-0.39, 0.29) is 6.23 Å². The van der Waals surface area contributed by atoms with Crippen molar-refractivity contribution in [1.29, 1.82) is 0 Å². The summed E-state index contributed by atoms with van der Waals surface area (Å²) in [4.78, 5) is 0. The Balaban J connectivity index is 2.80. The average Bonchev–Trinajstić information content (AvgIpc) is 2.52. The average molecular weight is 184 g/mol. The summed E-state index contributed by atoms with van der Waals surface area (Å²) in [5.74, 6) is 0. The van der Waals surface area contributed by atoms with E-state index in [0.29, 0.717) is 12.2 Å². The minimum atomic E-state index is -1.51. The Morgan fingerprint density at radius 3 is 2.92 bits per heavy atom. The molecular weight excluding hydrogens is 171 g/mol. The van der Waals surface area contributed by atoms with Gasteiger partial charge < -0.3 is 14.8 Å². The van der Waals surface area contributed by atoms with Crippen LogP contribution in [-0.2, 0) is 4.74 Å². The fraction of sp³-hybridized carbons (Fsp3) is 0.571. The molecule has 0 aliphatic carbocycles. The Hall–Kier alpha value is -0.845. The summed E-state index contributed by atoms with van der Waals surface area (Å²) < 4.78 is 6.69. The highest BCUT2D eigenvalue weighted by atomic mass is 16.5. The Morgan fingerprint density at radius 1 is 1.69 bits per heavy atom. The van der Waals surface area contributed by atoms with Crippen molar-refractivity contribution in [2.75, 3.05) is 6.61 Å². The smallest absolute Gasteiger partial charge is 0.422 e. The molecule has 0 amide bonds. The van der Waals surface area contributed by atoms with Gasteiger partial charge >= 0.3 is 7.12 Å². The van der Waals surface area contributed by atoms with E-state index in [9.17, 15) is 0 Å². The number of aromatic nitrogens is 2. The van der Waals surface area contributed by atoms with Crippen LogP contribution in [0.15, 0.2) is 12.3 Å². The standard InChI is InChI=1S/C7H13BN2O3/c1-3-13-6(2)10-7(8(11)12)4-5-9-10/h4-6,11-12H,3H2,1-2H3. The van der Waals surface area contributed by atoms with Gasteiger partial charge in [0.05, 0.1) is 5.59 Å². The van der Waals surface area contributed by atoms with Gasteiger partial charge in [-0.25, -0.2) is 4.68 Å². The van der Waals surface area contributed by atoms with E-state index in [1.54, 1.807) is 13.0 Å². The largest absolute Gasteiger partial charge is 0.507 e. The molecule has 0 saturated carbocycles. The topological polar surface area (TPSA) is 67.5 Å². The van der Waals surface area contributed by atoms with Crippen LogP contribution in [0.2, 0.25) is 0 Å². The first kappa shape index (κ1) is 10.2. The van der Waals surface area contributed by atoms with Gasteiger partial charge in [-0.3, -0.25) is 0 Å². The van der Waals surface area contributed by atoms with Crippen LogP contribution in [0.25, 0.3) is 0 Å². The van der Waals surface area contributed by atoms with E-state index in [4.69, 9.17) is 14.8 Å². The van der Waals surface area contributed by atoms with Crippen LogP contribution in [0.4, 0.5) is 0 Å². The molecule has 6 heteroatoms. The summed E-state index contributed by atoms with van der Waals surface area (Å²) >= 11 is 0. The summed E-state index contributed by atoms with van der Waals surface area (Å²) in [6.07, 6.45) is 1.22. The van der Waals surface area contributed by atoms with Gasteiger partial charge in [0.25, 0.3) is 0 Å². The predicted octanol–water partition coefficient (Wildman–Crippen LogP) is -0.882. The van der Waals surface area contributed by atoms with Crippen LogP contribution in [0.3, 0.4) is 0 Å². The van der Waals surface area contributed by atoms with Gasteiger partial charge in [0, 0.05) is 12.8 Å². The molecule has 1 unspecified atom stereocenters. The molecule has 0 aromatic carbocycles. The number of hydrogen-bond donors (Lipinski definition) is 2. The molecule has 1 rings (SSSR count). The van der Waals surface area contributed by atoms with Crippen molar-refractivity contribution in [3.05, 3.63) is 12.3 Å². The van der Waals surface area contributed by atoms with Crippen LogP contribution < -0.4 is 5.59 Å². The van der Waals surface area contributed by atoms with Gasteiger partial charge in [0.2, 0.25) is 0 Å². The Kier molecular flexibility index (Phi) is 3.47. The van der Waals surface area contributed by atoms with Crippen LogP contribution in [0.5, 0.6) is 0 Å². The minimum absolute atomic E-state index is 0.281. The second kappa shape index (κ2) is 4.41. The molecule has 72 valence electrons. The third-order valence-corrected chi connectivity index (χ3v) is 1.72. The first-order chi connectivity index (χ1) is 6.16. The third kappa shape index (κ3) is 2.30. The Morgan fingerprint density at radius 2 is 2.38 bits per heavy atom. The monoisotopic (exact) mass is 184 g/mol. The number of hydrogen-bond acceptors (Lipinski definition) is 4. The molecule has 13 heavy (non-hydrogen) atoms. The highest BCUT2D eigenvalue weighted by Gasteiger charge is 2.19. The van der Waals surface area contributed by atoms with Gasteiger partial charge in [0.1, 0.15) is 6.23 Å². The van der Waals surface area contributed by atoms with E-state index in [2.05, 4.69) is 5.10 Å². The van der Waals surface area contributed by atoms with Crippen molar-refractivity contribution in [1.82, 2.24) is 9.78 Å². The quantitative estimate of drug-likeness (QED) is 0.596. The zero-order chi connectivity index (χ0) is 9.84.